The van der Waals surface area contributed by atoms with E-state index in [2.05, 4.69) is 5.32 Å². The molecule has 2 rings (SSSR count). The van der Waals surface area contributed by atoms with Crippen molar-refractivity contribution in [3.63, 3.8) is 0 Å². The van der Waals surface area contributed by atoms with Gasteiger partial charge in [0.05, 0.1) is 5.92 Å². The molecule has 0 aromatic carbocycles. The Bertz CT molecular complexity index is 274. The van der Waals surface area contributed by atoms with E-state index in [1.54, 1.807) is 0 Å². The molecular formula is C12H20N2OS. The average molecular weight is 240 g/mol. The lowest BCUT2D eigenvalue weighted by atomic mass is 10.1. The van der Waals surface area contributed by atoms with Gasteiger partial charge in [-0.05, 0) is 25.0 Å². The second kappa shape index (κ2) is 5.73. The summed E-state index contributed by atoms with van der Waals surface area (Å²) < 4.78 is 0. The van der Waals surface area contributed by atoms with Gasteiger partial charge < -0.3 is 11.1 Å². The molecule has 3 N–H and O–H groups in total. The van der Waals surface area contributed by atoms with Gasteiger partial charge in [-0.25, -0.2) is 0 Å². The van der Waals surface area contributed by atoms with E-state index in [1.165, 1.54) is 25.0 Å². The summed E-state index contributed by atoms with van der Waals surface area (Å²) in [4.78, 5) is 11.8. The van der Waals surface area contributed by atoms with Crippen molar-refractivity contribution in [1.29, 1.82) is 0 Å². The van der Waals surface area contributed by atoms with Crippen molar-refractivity contribution >= 4 is 17.7 Å². The Morgan fingerprint density at radius 1 is 1.44 bits per heavy atom. The van der Waals surface area contributed by atoms with Gasteiger partial charge in [-0.15, -0.1) is 0 Å². The van der Waals surface area contributed by atoms with Crippen LogP contribution in [0.25, 0.3) is 0 Å². The molecule has 1 saturated heterocycles. The van der Waals surface area contributed by atoms with Crippen LogP contribution in [0.1, 0.15) is 25.7 Å². The van der Waals surface area contributed by atoms with Crippen molar-refractivity contribution in [2.24, 2.45) is 11.7 Å². The quantitative estimate of drug-likeness (QED) is 0.731. The molecule has 0 radical (unpaired) electrons. The molecule has 0 saturated carbocycles. The number of hydrogen-bond donors (Lipinski definition) is 2. The number of rotatable bonds is 3. The van der Waals surface area contributed by atoms with Gasteiger partial charge in [-0.3, -0.25) is 4.79 Å². The second-order valence-corrected chi connectivity index (χ2v) is 6.03. The van der Waals surface area contributed by atoms with Gasteiger partial charge >= 0.3 is 0 Å². The van der Waals surface area contributed by atoms with Crippen molar-refractivity contribution in [2.75, 3.05) is 12.3 Å². The van der Waals surface area contributed by atoms with E-state index >= 15 is 0 Å². The molecule has 3 atom stereocenters. The molecule has 4 heteroatoms. The normalized spacial score (nSPS) is 33.9. The van der Waals surface area contributed by atoms with Gasteiger partial charge in [-0.2, -0.15) is 11.8 Å². The van der Waals surface area contributed by atoms with Crippen LogP contribution in [0.5, 0.6) is 0 Å². The summed E-state index contributed by atoms with van der Waals surface area (Å²) in [5.41, 5.74) is 5.73. The van der Waals surface area contributed by atoms with Gasteiger partial charge in [0.2, 0.25) is 5.91 Å². The predicted octanol–water partition coefficient (Wildman–Crippen LogP) is 1.29. The lowest BCUT2D eigenvalue weighted by Gasteiger charge is -2.22. The summed E-state index contributed by atoms with van der Waals surface area (Å²) in [5, 5.41) is 3.67. The minimum absolute atomic E-state index is 0.00332. The minimum Gasteiger partial charge on any atom is -0.354 e. The van der Waals surface area contributed by atoms with Crippen LogP contribution < -0.4 is 11.1 Å². The SMILES string of the molecule is NC1C=CC(C(=O)NCC2CCCCS2)C1. The largest absolute Gasteiger partial charge is 0.354 e. The first-order valence-corrected chi connectivity index (χ1v) is 7.14. The highest BCUT2D eigenvalue weighted by atomic mass is 32.2. The van der Waals surface area contributed by atoms with Gasteiger partial charge in [-0.1, -0.05) is 18.6 Å². The molecule has 1 aliphatic heterocycles. The maximum absolute atomic E-state index is 11.8. The molecule has 1 aliphatic carbocycles. The lowest BCUT2D eigenvalue weighted by Crippen LogP contribution is -2.36. The molecule has 1 heterocycles. The van der Waals surface area contributed by atoms with E-state index < -0.39 is 0 Å². The average Bonchev–Trinajstić information content (AvgIpc) is 2.74. The van der Waals surface area contributed by atoms with Crippen molar-refractivity contribution in [3.8, 4) is 0 Å². The first-order valence-electron chi connectivity index (χ1n) is 6.09. The third-order valence-corrected chi connectivity index (χ3v) is 4.63. The fraction of sp³-hybridized carbons (Fsp3) is 0.750. The van der Waals surface area contributed by atoms with Gasteiger partial charge in [0.1, 0.15) is 0 Å². The molecule has 3 nitrogen and oxygen atoms in total. The molecule has 16 heavy (non-hydrogen) atoms. The summed E-state index contributed by atoms with van der Waals surface area (Å²) >= 11 is 1.99. The van der Waals surface area contributed by atoms with E-state index in [-0.39, 0.29) is 17.9 Å². The third kappa shape index (κ3) is 3.25. The topological polar surface area (TPSA) is 55.1 Å². The smallest absolute Gasteiger partial charge is 0.227 e. The standard InChI is InChI=1S/C12H20N2OS/c13-10-5-4-9(7-10)12(15)14-8-11-3-1-2-6-16-11/h4-5,9-11H,1-3,6-8,13H2,(H,14,15). The summed E-state index contributed by atoms with van der Waals surface area (Å²) in [6, 6.07) is 0.0693. The van der Waals surface area contributed by atoms with Crippen molar-refractivity contribution in [1.82, 2.24) is 5.32 Å². The molecule has 0 aromatic rings. The zero-order valence-electron chi connectivity index (χ0n) is 9.52. The number of amides is 1. The van der Waals surface area contributed by atoms with Crippen LogP contribution in [0.3, 0.4) is 0 Å². The van der Waals surface area contributed by atoms with Crippen LogP contribution in [0.2, 0.25) is 0 Å². The van der Waals surface area contributed by atoms with E-state index in [1.807, 2.05) is 23.9 Å². The maximum Gasteiger partial charge on any atom is 0.227 e. The molecule has 0 spiro atoms. The number of thioether (sulfide) groups is 1. The highest BCUT2D eigenvalue weighted by molar-refractivity contribution is 7.99. The first kappa shape index (κ1) is 12.0. The minimum atomic E-state index is 0.00332. The van der Waals surface area contributed by atoms with Gasteiger partial charge in [0, 0.05) is 17.8 Å². The number of hydrogen-bond acceptors (Lipinski definition) is 3. The summed E-state index contributed by atoms with van der Waals surface area (Å²) in [6.07, 6.45) is 8.51. The highest BCUT2D eigenvalue weighted by Gasteiger charge is 2.23. The van der Waals surface area contributed by atoms with Crippen molar-refractivity contribution in [3.05, 3.63) is 12.2 Å². The molecule has 90 valence electrons. The molecule has 0 bridgehead atoms. The first-order chi connectivity index (χ1) is 7.75. The molecular weight excluding hydrogens is 220 g/mol. The maximum atomic E-state index is 11.8. The van der Waals surface area contributed by atoms with Crippen molar-refractivity contribution in [2.45, 2.75) is 37.0 Å². The Hall–Kier alpha value is -0.480. The Labute approximate surface area is 101 Å². The van der Waals surface area contributed by atoms with Crippen LogP contribution in [-0.2, 0) is 4.79 Å². The lowest BCUT2D eigenvalue weighted by molar-refractivity contribution is -0.123. The fourth-order valence-corrected chi connectivity index (χ4v) is 3.47. The van der Waals surface area contributed by atoms with E-state index in [0.717, 1.165) is 13.0 Å². The van der Waals surface area contributed by atoms with Crippen molar-refractivity contribution < 1.29 is 4.79 Å². The fourth-order valence-electron chi connectivity index (χ4n) is 2.24. The number of nitrogens with one attached hydrogen (secondary N) is 1. The third-order valence-electron chi connectivity index (χ3n) is 3.23. The van der Waals surface area contributed by atoms with E-state index in [0.29, 0.717) is 5.25 Å². The second-order valence-electron chi connectivity index (χ2n) is 4.62. The number of nitrogens with two attached hydrogens (primary N) is 1. The van der Waals surface area contributed by atoms with Gasteiger partial charge in [0.25, 0.3) is 0 Å². The van der Waals surface area contributed by atoms with Crippen LogP contribution in [0.4, 0.5) is 0 Å². The Balaban J connectivity index is 1.69. The summed E-state index contributed by atoms with van der Waals surface area (Å²) in [5.74, 6) is 1.40. The molecule has 0 aromatic heterocycles. The Morgan fingerprint density at radius 3 is 2.94 bits per heavy atom. The van der Waals surface area contributed by atoms with Crippen LogP contribution >= 0.6 is 11.8 Å². The highest BCUT2D eigenvalue weighted by Crippen LogP contribution is 2.24. The molecule has 1 amide bonds. The Kier molecular flexibility index (Phi) is 4.29. The number of carbonyl (C=O) groups is 1. The predicted molar refractivity (Wildman–Crippen MR) is 68.3 cm³/mol. The zero-order chi connectivity index (χ0) is 11.4. The monoisotopic (exact) mass is 240 g/mol. The summed E-state index contributed by atoms with van der Waals surface area (Å²) in [7, 11) is 0. The molecule has 1 fully saturated rings. The van der Waals surface area contributed by atoms with Crippen LogP contribution in [-0.4, -0.2) is 29.5 Å². The van der Waals surface area contributed by atoms with Crippen LogP contribution in [0, 0.1) is 5.92 Å². The van der Waals surface area contributed by atoms with Gasteiger partial charge in [0.15, 0.2) is 0 Å². The summed E-state index contributed by atoms with van der Waals surface area (Å²) in [6.45, 7) is 0.822. The number of carbonyl (C=O) groups excluding carboxylic acids is 1. The molecule has 3 unspecified atom stereocenters. The van der Waals surface area contributed by atoms with E-state index in [4.69, 9.17) is 5.73 Å². The zero-order valence-corrected chi connectivity index (χ0v) is 10.3. The molecule has 2 aliphatic rings. The van der Waals surface area contributed by atoms with Crippen LogP contribution in [0.15, 0.2) is 12.2 Å². The Morgan fingerprint density at radius 2 is 2.31 bits per heavy atom. The van der Waals surface area contributed by atoms with E-state index in [9.17, 15) is 4.79 Å².